The maximum atomic E-state index is 13.7. The van der Waals surface area contributed by atoms with Crippen molar-refractivity contribution in [1.82, 2.24) is 5.32 Å². The molecule has 2 aromatic rings. The number of anilines is 1. The third-order valence-corrected chi connectivity index (χ3v) is 6.64. The molecule has 0 atom stereocenters. The Balaban J connectivity index is 1.57. The average Bonchev–Trinajstić information content (AvgIpc) is 2.69. The lowest BCUT2D eigenvalue weighted by atomic mass is 10.0. The molecule has 2 aromatic carbocycles. The van der Waals surface area contributed by atoms with Gasteiger partial charge in [-0.1, -0.05) is 19.1 Å². The number of carbonyl (C=O) groups excluding carboxylic acids is 1. The summed E-state index contributed by atoms with van der Waals surface area (Å²) >= 11 is 0. The Morgan fingerprint density at radius 3 is 2.33 bits per heavy atom. The Bertz CT molecular complexity index is 905. The number of sulfone groups is 1. The van der Waals surface area contributed by atoms with Crippen LogP contribution in [0.25, 0.3) is 0 Å². The summed E-state index contributed by atoms with van der Waals surface area (Å²) in [4.78, 5) is 14.7. The van der Waals surface area contributed by atoms with Gasteiger partial charge in [0.2, 0.25) is 0 Å². The predicted molar refractivity (Wildman–Crippen MR) is 103 cm³/mol. The van der Waals surface area contributed by atoms with Gasteiger partial charge in [-0.15, -0.1) is 0 Å². The third kappa shape index (κ3) is 4.47. The van der Waals surface area contributed by atoms with Crippen LogP contribution in [-0.2, 0) is 9.84 Å². The largest absolute Gasteiger partial charge is 0.371 e. The Morgan fingerprint density at radius 2 is 1.74 bits per heavy atom. The second kappa shape index (κ2) is 8.08. The molecular weight excluding hydrogens is 367 g/mol. The third-order valence-electron chi connectivity index (χ3n) is 4.89. The number of benzene rings is 2. The van der Waals surface area contributed by atoms with E-state index in [0.29, 0.717) is 4.90 Å². The van der Waals surface area contributed by atoms with Crippen molar-refractivity contribution in [2.24, 2.45) is 0 Å². The van der Waals surface area contributed by atoms with Crippen LogP contribution in [0.5, 0.6) is 0 Å². The maximum Gasteiger partial charge on any atom is 0.254 e. The van der Waals surface area contributed by atoms with Gasteiger partial charge in [-0.3, -0.25) is 4.79 Å². The van der Waals surface area contributed by atoms with Crippen molar-refractivity contribution in [2.75, 3.05) is 23.7 Å². The van der Waals surface area contributed by atoms with Crippen molar-refractivity contribution in [3.05, 3.63) is 59.9 Å². The second-order valence-electron chi connectivity index (χ2n) is 6.61. The molecule has 0 unspecified atom stereocenters. The lowest BCUT2D eigenvalue weighted by molar-refractivity contribution is 0.0927. The molecule has 1 heterocycles. The number of hydrogen-bond acceptors (Lipinski definition) is 4. The molecule has 1 aliphatic heterocycles. The summed E-state index contributed by atoms with van der Waals surface area (Å²) in [5, 5.41) is 2.90. The van der Waals surface area contributed by atoms with E-state index < -0.39 is 15.7 Å². The summed E-state index contributed by atoms with van der Waals surface area (Å²) in [6, 6.07) is 12.9. The summed E-state index contributed by atoms with van der Waals surface area (Å²) in [6.07, 6.45) is 1.49. The highest BCUT2D eigenvalue weighted by Gasteiger charge is 2.22. The van der Waals surface area contributed by atoms with Crippen LogP contribution in [0.1, 0.15) is 30.1 Å². The lowest BCUT2D eigenvalue weighted by Crippen LogP contribution is -2.44. The van der Waals surface area contributed by atoms with Gasteiger partial charge in [-0.25, -0.2) is 12.8 Å². The van der Waals surface area contributed by atoms with Gasteiger partial charge in [0, 0.05) is 24.8 Å². The SMILES string of the molecule is CCS(=O)(=O)c1ccc(N2CCC(NC(=O)c3ccccc3F)CC2)cc1. The van der Waals surface area contributed by atoms with E-state index in [-0.39, 0.29) is 23.3 Å². The number of amides is 1. The first-order valence-corrected chi connectivity index (χ1v) is 10.7. The molecule has 0 radical (unpaired) electrons. The molecule has 0 saturated carbocycles. The van der Waals surface area contributed by atoms with Crippen molar-refractivity contribution < 1.29 is 17.6 Å². The van der Waals surface area contributed by atoms with E-state index in [1.54, 1.807) is 31.2 Å². The summed E-state index contributed by atoms with van der Waals surface area (Å²) in [7, 11) is -3.19. The van der Waals surface area contributed by atoms with Crippen molar-refractivity contribution in [3.63, 3.8) is 0 Å². The summed E-state index contributed by atoms with van der Waals surface area (Å²) in [6.45, 7) is 3.10. The Hall–Kier alpha value is -2.41. The minimum Gasteiger partial charge on any atom is -0.371 e. The zero-order valence-electron chi connectivity index (χ0n) is 15.2. The minimum atomic E-state index is -3.19. The van der Waals surface area contributed by atoms with Crippen molar-refractivity contribution in [1.29, 1.82) is 0 Å². The molecule has 7 heteroatoms. The van der Waals surface area contributed by atoms with E-state index in [4.69, 9.17) is 0 Å². The van der Waals surface area contributed by atoms with Crippen LogP contribution < -0.4 is 10.2 Å². The Kier molecular flexibility index (Phi) is 5.79. The molecule has 27 heavy (non-hydrogen) atoms. The van der Waals surface area contributed by atoms with E-state index in [1.807, 2.05) is 12.1 Å². The van der Waals surface area contributed by atoms with E-state index >= 15 is 0 Å². The van der Waals surface area contributed by atoms with Crippen LogP contribution in [0.2, 0.25) is 0 Å². The van der Waals surface area contributed by atoms with Crippen LogP contribution in [0.3, 0.4) is 0 Å². The number of piperidine rings is 1. The van der Waals surface area contributed by atoms with Gasteiger partial charge in [0.25, 0.3) is 5.91 Å². The van der Waals surface area contributed by atoms with Crippen LogP contribution in [0, 0.1) is 5.82 Å². The van der Waals surface area contributed by atoms with E-state index in [9.17, 15) is 17.6 Å². The van der Waals surface area contributed by atoms with Gasteiger partial charge in [0.15, 0.2) is 9.84 Å². The quantitative estimate of drug-likeness (QED) is 0.852. The highest BCUT2D eigenvalue weighted by atomic mass is 32.2. The molecule has 5 nitrogen and oxygen atoms in total. The van der Waals surface area contributed by atoms with E-state index in [0.717, 1.165) is 31.6 Å². The highest BCUT2D eigenvalue weighted by molar-refractivity contribution is 7.91. The first-order valence-electron chi connectivity index (χ1n) is 9.04. The number of rotatable bonds is 5. The second-order valence-corrected chi connectivity index (χ2v) is 8.89. The first-order chi connectivity index (χ1) is 12.9. The van der Waals surface area contributed by atoms with Crippen LogP contribution in [0.15, 0.2) is 53.4 Å². The predicted octanol–water partition coefficient (Wildman–Crippen LogP) is 3.02. The van der Waals surface area contributed by atoms with E-state index in [1.165, 1.54) is 12.1 Å². The van der Waals surface area contributed by atoms with Crippen molar-refractivity contribution >= 4 is 21.4 Å². The van der Waals surface area contributed by atoms with Gasteiger partial charge in [-0.05, 0) is 49.2 Å². The van der Waals surface area contributed by atoms with Crippen LogP contribution in [-0.4, -0.2) is 39.2 Å². The molecule has 1 N–H and O–H groups in total. The lowest BCUT2D eigenvalue weighted by Gasteiger charge is -2.34. The molecule has 0 bridgehead atoms. The fourth-order valence-corrected chi connectivity index (χ4v) is 4.11. The molecule has 1 aliphatic rings. The fourth-order valence-electron chi connectivity index (χ4n) is 3.22. The molecule has 144 valence electrons. The zero-order valence-corrected chi connectivity index (χ0v) is 16.0. The standard InChI is InChI=1S/C20H23FN2O3S/c1-2-27(25,26)17-9-7-16(8-10-17)23-13-11-15(12-14-23)22-20(24)18-5-3-4-6-19(18)21/h3-10,15H,2,11-14H2,1H3,(H,22,24). The Labute approximate surface area is 159 Å². The number of carbonyl (C=O) groups is 1. The van der Waals surface area contributed by atoms with Gasteiger partial charge in [0.05, 0.1) is 16.2 Å². The molecular formula is C20H23FN2O3S. The smallest absolute Gasteiger partial charge is 0.254 e. The van der Waals surface area contributed by atoms with Gasteiger partial charge in [0.1, 0.15) is 5.82 Å². The number of nitrogens with zero attached hydrogens (tertiary/aromatic N) is 1. The molecule has 0 aliphatic carbocycles. The van der Waals surface area contributed by atoms with Gasteiger partial charge >= 0.3 is 0 Å². The maximum absolute atomic E-state index is 13.7. The fraction of sp³-hybridized carbons (Fsp3) is 0.350. The summed E-state index contributed by atoms with van der Waals surface area (Å²) in [5.41, 5.74) is 1.02. The van der Waals surface area contributed by atoms with Gasteiger partial charge < -0.3 is 10.2 Å². The topological polar surface area (TPSA) is 66.5 Å². The van der Waals surface area contributed by atoms with Gasteiger partial charge in [-0.2, -0.15) is 0 Å². The molecule has 3 rings (SSSR count). The average molecular weight is 390 g/mol. The summed E-state index contributed by atoms with van der Waals surface area (Å²) < 4.78 is 37.5. The molecule has 1 fully saturated rings. The molecule has 0 aromatic heterocycles. The van der Waals surface area contributed by atoms with Crippen molar-refractivity contribution in [3.8, 4) is 0 Å². The van der Waals surface area contributed by atoms with Crippen LogP contribution >= 0.6 is 0 Å². The molecule has 1 amide bonds. The van der Waals surface area contributed by atoms with Crippen LogP contribution in [0.4, 0.5) is 10.1 Å². The minimum absolute atomic E-state index is 0.00639. The monoisotopic (exact) mass is 390 g/mol. The first kappa shape index (κ1) is 19.4. The number of nitrogens with one attached hydrogen (secondary N) is 1. The number of halogens is 1. The highest BCUT2D eigenvalue weighted by Crippen LogP contribution is 2.23. The van der Waals surface area contributed by atoms with Crippen molar-refractivity contribution in [2.45, 2.75) is 30.7 Å². The van der Waals surface area contributed by atoms with E-state index in [2.05, 4.69) is 10.2 Å². The Morgan fingerprint density at radius 1 is 1.11 bits per heavy atom. The molecule has 1 saturated heterocycles. The number of hydrogen-bond donors (Lipinski definition) is 1. The molecule has 0 spiro atoms. The zero-order chi connectivity index (χ0) is 19.4. The normalized spacial score (nSPS) is 15.6. The summed E-state index contributed by atoms with van der Waals surface area (Å²) in [5.74, 6) is -0.824.